The Morgan fingerprint density at radius 3 is 2.50 bits per heavy atom. The van der Waals surface area contributed by atoms with Gasteiger partial charge in [0.05, 0.1) is 18.8 Å². The lowest BCUT2D eigenvalue weighted by molar-refractivity contribution is -0.0414. The fraction of sp³-hybridized carbons (Fsp3) is 0.923. The van der Waals surface area contributed by atoms with Crippen LogP contribution < -0.4 is 0 Å². The Morgan fingerprint density at radius 2 is 2.11 bits per heavy atom. The first-order valence-corrected chi connectivity index (χ1v) is 6.35. The molecule has 0 bridgehead atoms. The van der Waals surface area contributed by atoms with Crippen molar-refractivity contribution < 1.29 is 19.4 Å². The lowest BCUT2D eigenvalue weighted by Gasteiger charge is -2.37. The van der Waals surface area contributed by atoms with E-state index in [0.29, 0.717) is 6.61 Å². The van der Waals surface area contributed by atoms with Crippen LogP contribution in [0.4, 0.5) is 4.79 Å². The van der Waals surface area contributed by atoms with Gasteiger partial charge in [-0.1, -0.05) is 13.8 Å². The molecule has 5 heteroatoms. The highest BCUT2D eigenvalue weighted by molar-refractivity contribution is 5.70. The molecular formula is C13H25NO4. The average Bonchev–Trinajstić information content (AvgIpc) is 2.54. The van der Waals surface area contributed by atoms with E-state index in [4.69, 9.17) is 9.47 Å². The van der Waals surface area contributed by atoms with Gasteiger partial charge < -0.3 is 14.6 Å². The number of aliphatic hydroxyl groups excluding tert-OH is 1. The molecule has 1 aliphatic rings. The zero-order valence-electron chi connectivity index (χ0n) is 12.2. The Bertz CT molecular complexity index is 311. The Morgan fingerprint density at radius 1 is 1.56 bits per heavy atom. The van der Waals surface area contributed by atoms with E-state index in [1.54, 1.807) is 6.92 Å². The van der Waals surface area contributed by atoms with Crippen LogP contribution in [0.15, 0.2) is 0 Å². The molecule has 1 rings (SSSR count). The summed E-state index contributed by atoms with van der Waals surface area (Å²) in [6.45, 7) is 11.4. The Labute approximate surface area is 109 Å². The SMILES string of the molecule is CC(C)C1OCC(C)(CO)N1C(=O)OC(C)(C)C. The van der Waals surface area contributed by atoms with Crippen molar-refractivity contribution >= 4 is 6.09 Å². The minimum absolute atomic E-state index is 0.143. The number of aliphatic hydroxyl groups is 1. The van der Waals surface area contributed by atoms with Gasteiger partial charge in [-0.2, -0.15) is 0 Å². The summed E-state index contributed by atoms with van der Waals surface area (Å²) in [6, 6.07) is 0. The molecule has 2 atom stereocenters. The predicted octanol–water partition coefficient (Wildman–Crippen LogP) is 1.99. The summed E-state index contributed by atoms with van der Waals surface area (Å²) in [5.74, 6) is 0.144. The van der Waals surface area contributed by atoms with Gasteiger partial charge in [-0.25, -0.2) is 4.79 Å². The zero-order valence-corrected chi connectivity index (χ0v) is 12.2. The number of hydrogen-bond donors (Lipinski definition) is 1. The number of ether oxygens (including phenoxy) is 2. The van der Waals surface area contributed by atoms with Crippen LogP contribution in [0.5, 0.6) is 0 Å². The Balaban J connectivity index is 2.94. The normalized spacial score (nSPS) is 28.9. The third kappa shape index (κ3) is 3.14. The standard InChI is InChI=1S/C13H25NO4/c1-9(2)10-14(11(16)18-12(3,4)5)13(6,7-15)8-17-10/h9-10,15H,7-8H2,1-6H3. The van der Waals surface area contributed by atoms with E-state index in [9.17, 15) is 9.90 Å². The summed E-state index contributed by atoms with van der Waals surface area (Å²) in [4.78, 5) is 13.8. The number of nitrogens with zero attached hydrogens (tertiary/aromatic N) is 1. The lowest BCUT2D eigenvalue weighted by Crippen LogP contribution is -2.54. The molecule has 106 valence electrons. The maximum atomic E-state index is 12.3. The highest BCUT2D eigenvalue weighted by atomic mass is 16.6. The summed E-state index contributed by atoms with van der Waals surface area (Å²) < 4.78 is 11.0. The van der Waals surface area contributed by atoms with E-state index in [0.717, 1.165) is 0 Å². The molecule has 0 spiro atoms. The first kappa shape index (κ1) is 15.2. The molecule has 1 amide bonds. The van der Waals surface area contributed by atoms with Gasteiger partial charge in [0.1, 0.15) is 11.8 Å². The molecule has 18 heavy (non-hydrogen) atoms. The monoisotopic (exact) mass is 259 g/mol. The Hall–Kier alpha value is -0.810. The van der Waals surface area contributed by atoms with Crippen molar-refractivity contribution in [2.45, 2.75) is 58.9 Å². The van der Waals surface area contributed by atoms with Gasteiger partial charge in [0.2, 0.25) is 0 Å². The van der Waals surface area contributed by atoms with Gasteiger partial charge in [0.25, 0.3) is 0 Å². The second-order valence-electron chi connectivity index (χ2n) is 6.45. The average molecular weight is 259 g/mol. The molecule has 0 aromatic carbocycles. The summed E-state index contributed by atoms with van der Waals surface area (Å²) in [7, 11) is 0. The highest BCUT2D eigenvalue weighted by Crippen LogP contribution is 2.32. The predicted molar refractivity (Wildman–Crippen MR) is 68.1 cm³/mol. The molecule has 5 nitrogen and oxygen atoms in total. The van der Waals surface area contributed by atoms with Crippen molar-refractivity contribution in [2.75, 3.05) is 13.2 Å². The van der Waals surface area contributed by atoms with Gasteiger partial charge in [-0.05, 0) is 33.6 Å². The molecule has 0 aromatic rings. The van der Waals surface area contributed by atoms with Gasteiger partial charge >= 0.3 is 6.09 Å². The summed E-state index contributed by atoms with van der Waals surface area (Å²) in [5.41, 5.74) is -1.27. The minimum atomic E-state index is -0.711. The van der Waals surface area contributed by atoms with Crippen LogP contribution >= 0.6 is 0 Å². The first-order chi connectivity index (χ1) is 8.10. The zero-order chi connectivity index (χ0) is 14.1. The van der Waals surface area contributed by atoms with Gasteiger partial charge in [-0.3, -0.25) is 4.90 Å². The number of amides is 1. The van der Waals surface area contributed by atoms with Gasteiger partial charge in [0.15, 0.2) is 0 Å². The molecule has 1 heterocycles. The van der Waals surface area contributed by atoms with Gasteiger partial charge in [0, 0.05) is 0 Å². The highest BCUT2D eigenvalue weighted by Gasteiger charge is 2.49. The van der Waals surface area contributed by atoms with Crippen LogP contribution in [-0.4, -0.2) is 46.7 Å². The molecule has 0 saturated carbocycles. The van der Waals surface area contributed by atoms with Crippen molar-refractivity contribution in [3.63, 3.8) is 0 Å². The molecule has 1 fully saturated rings. The van der Waals surface area contributed by atoms with Crippen molar-refractivity contribution in [1.82, 2.24) is 4.90 Å². The number of carbonyl (C=O) groups is 1. The summed E-state index contributed by atoms with van der Waals surface area (Å²) >= 11 is 0. The topological polar surface area (TPSA) is 59.0 Å². The smallest absolute Gasteiger partial charge is 0.412 e. The second kappa shape index (κ2) is 5.05. The molecule has 0 aliphatic carbocycles. The fourth-order valence-electron chi connectivity index (χ4n) is 1.96. The van der Waals surface area contributed by atoms with Crippen LogP contribution in [-0.2, 0) is 9.47 Å². The number of hydrogen-bond acceptors (Lipinski definition) is 4. The maximum absolute atomic E-state index is 12.3. The first-order valence-electron chi connectivity index (χ1n) is 6.35. The van der Waals surface area contributed by atoms with Crippen LogP contribution in [0.1, 0.15) is 41.5 Å². The van der Waals surface area contributed by atoms with Crippen molar-refractivity contribution in [3.05, 3.63) is 0 Å². The van der Waals surface area contributed by atoms with Crippen LogP contribution in [0.3, 0.4) is 0 Å². The summed E-state index contributed by atoms with van der Waals surface area (Å²) in [5, 5.41) is 9.51. The third-order valence-corrected chi connectivity index (χ3v) is 2.90. The van der Waals surface area contributed by atoms with Gasteiger partial charge in [-0.15, -0.1) is 0 Å². The Kier molecular flexibility index (Phi) is 4.28. The second-order valence-corrected chi connectivity index (χ2v) is 6.45. The van der Waals surface area contributed by atoms with E-state index in [-0.39, 0.29) is 18.8 Å². The summed E-state index contributed by atoms with van der Waals surface area (Å²) in [6.07, 6.45) is -0.785. The van der Waals surface area contributed by atoms with Crippen LogP contribution in [0, 0.1) is 5.92 Å². The molecule has 0 radical (unpaired) electrons. The lowest BCUT2D eigenvalue weighted by atomic mass is 10.0. The van der Waals surface area contributed by atoms with E-state index < -0.39 is 17.2 Å². The number of carbonyl (C=O) groups excluding carboxylic acids is 1. The minimum Gasteiger partial charge on any atom is -0.444 e. The van der Waals surface area contributed by atoms with E-state index in [1.807, 2.05) is 34.6 Å². The molecule has 1 N–H and O–H groups in total. The molecule has 2 unspecified atom stereocenters. The molecule has 1 saturated heterocycles. The van der Waals surface area contributed by atoms with Crippen LogP contribution in [0.2, 0.25) is 0 Å². The van der Waals surface area contributed by atoms with Crippen molar-refractivity contribution in [1.29, 1.82) is 0 Å². The van der Waals surface area contributed by atoms with E-state index >= 15 is 0 Å². The maximum Gasteiger partial charge on any atom is 0.412 e. The largest absolute Gasteiger partial charge is 0.444 e. The quantitative estimate of drug-likeness (QED) is 0.824. The fourth-order valence-corrected chi connectivity index (χ4v) is 1.96. The van der Waals surface area contributed by atoms with E-state index in [2.05, 4.69) is 0 Å². The molecular weight excluding hydrogens is 234 g/mol. The van der Waals surface area contributed by atoms with Crippen molar-refractivity contribution in [3.8, 4) is 0 Å². The van der Waals surface area contributed by atoms with Crippen molar-refractivity contribution in [2.24, 2.45) is 5.92 Å². The van der Waals surface area contributed by atoms with E-state index in [1.165, 1.54) is 4.90 Å². The third-order valence-electron chi connectivity index (χ3n) is 2.90. The number of rotatable bonds is 2. The molecule has 1 aliphatic heterocycles. The van der Waals surface area contributed by atoms with Crippen LogP contribution in [0.25, 0.3) is 0 Å². The molecule has 0 aromatic heterocycles.